The summed E-state index contributed by atoms with van der Waals surface area (Å²) in [4.78, 5) is 13.8. The molecule has 0 spiro atoms. The van der Waals surface area contributed by atoms with Crippen molar-refractivity contribution in [2.75, 3.05) is 13.0 Å². The fourth-order valence-corrected chi connectivity index (χ4v) is 3.03. The highest BCUT2D eigenvalue weighted by molar-refractivity contribution is 6.35. The van der Waals surface area contributed by atoms with E-state index in [1.165, 1.54) is 0 Å². The number of aromatic nitrogens is 2. The molecule has 2 aromatic carbocycles. The fraction of sp³-hybridized carbons (Fsp3) is 0.273. The Morgan fingerprint density at radius 2 is 1.73 bits per heavy atom. The lowest BCUT2D eigenvalue weighted by Gasteiger charge is -2.26. The molecular formula is C22H21Cl3N4O. The maximum atomic E-state index is 13.8. The van der Waals surface area contributed by atoms with Crippen LogP contribution in [0.2, 0.25) is 15.1 Å². The molecule has 1 saturated heterocycles. The molecule has 0 atom stereocenters. The number of rotatable bonds is 4. The van der Waals surface area contributed by atoms with E-state index in [2.05, 4.69) is 5.10 Å². The van der Waals surface area contributed by atoms with Crippen molar-refractivity contribution in [1.82, 2.24) is 20.2 Å². The minimum absolute atomic E-state index is 0.353. The van der Waals surface area contributed by atoms with E-state index < -0.39 is 118 Å². The Hall–Kier alpha value is -2.05. The molecule has 1 fully saturated rings. The van der Waals surface area contributed by atoms with Crippen LogP contribution in [0.25, 0.3) is 16.9 Å². The first-order valence-electron chi connectivity index (χ1n) is 16.6. The van der Waals surface area contributed by atoms with E-state index in [1.807, 2.05) is 0 Å². The first-order valence-corrected chi connectivity index (χ1v) is 9.20. The number of piperidine rings is 1. The number of hydrogen-bond acceptors (Lipinski definition) is 3. The normalized spacial score (nSPS) is 31.3. The van der Waals surface area contributed by atoms with Gasteiger partial charge in [-0.1, -0.05) is 53.3 Å². The molecule has 0 bridgehead atoms. The number of hydrazine groups is 1. The first-order chi connectivity index (χ1) is 21.1. The molecule has 0 unspecified atom stereocenters. The molecule has 0 saturated carbocycles. The van der Waals surface area contributed by atoms with Gasteiger partial charge in [0.2, 0.25) is 0 Å². The van der Waals surface area contributed by atoms with Crippen LogP contribution in [0.3, 0.4) is 0 Å². The third-order valence-corrected chi connectivity index (χ3v) is 4.42. The number of nitrogens with zero attached hydrogens (tertiary/aromatic N) is 3. The summed E-state index contributed by atoms with van der Waals surface area (Å²) in [5, 5.41) is 1.96. The van der Waals surface area contributed by atoms with Gasteiger partial charge >= 0.3 is 0 Å². The lowest BCUT2D eigenvalue weighted by Crippen LogP contribution is -2.45. The average molecular weight is 481 g/mol. The van der Waals surface area contributed by atoms with Gasteiger partial charge in [-0.3, -0.25) is 10.2 Å². The average Bonchev–Trinajstić information content (AvgIpc) is 3.30. The second-order valence-corrected chi connectivity index (χ2v) is 6.78. The predicted molar refractivity (Wildman–Crippen MR) is 122 cm³/mol. The van der Waals surface area contributed by atoms with Crippen molar-refractivity contribution in [1.29, 1.82) is 0 Å². The van der Waals surface area contributed by atoms with Crippen molar-refractivity contribution in [2.24, 2.45) is 0 Å². The lowest BCUT2D eigenvalue weighted by atomic mass is 10.1. The summed E-state index contributed by atoms with van der Waals surface area (Å²) < 4.78 is 140. The van der Waals surface area contributed by atoms with E-state index in [0.717, 1.165) is 6.92 Å². The van der Waals surface area contributed by atoms with Crippen molar-refractivity contribution in [2.45, 2.75) is 26.0 Å². The molecule has 1 aliphatic heterocycles. The van der Waals surface area contributed by atoms with Crippen molar-refractivity contribution in [3.63, 3.8) is 0 Å². The smallest absolute Gasteiger partial charge is 0.283 e. The molecule has 156 valence electrons. The molecular weight excluding hydrogens is 443 g/mol. The number of carbonyl (C=O) groups is 1. The largest absolute Gasteiger partial charge is 0.286 e. The van der Waals surface area contributed by atoms with Gasteiger partial charge in [0.25, 0.3) is 5.91 Å². The summed E-state index contributed by atoms with van der Waals surface area (Å²) in [6.07, 6.45) is -11.3. The molecule has 1 aliphatic rings. The summed E-state index contributed by atoms with van der Waals surface area (Å²) in [6, 6.07) is -5.18. The molecule has 2 heterocycles. The van der Waals surface area contributed by atoms with Gasteiger partial charge in [0.05, 0.1) is 26.0 Å². The molecule has 0 aliphatic carbocycles. The van der Waals surface area contributed by atoms with E-state index in [9.17, 15) is 4.79 Å². The van der Waals surface area contributed by atoms with Crippen molar-refractivity contribution in [3.05, 3.63) is 68.6 Å². The Kier molecular flexibility index (Phi) is 2.64. The Labute approximate surface area is 214 Å². The van der Waals surface area contributed by atoms with Crippen LogP contribution < -0.4 is 5.43 Å². The van der Waals surface area contributed by atoms with Crippen LogP contribution in [0.4, 0.5) is 0 Å². The molecule has 1 aromatic heterocycles. The van der Waals surface area contributed by atoms with Crippen molar-refractivity contribution in [3.8, 4) is 16.9 Å². The Bertz CT molecular complexity index is 1770. The summed E-state index contributed by atoms with van der Waals surface area (Å²) in [6.45, 7) is -6.37. The monoisotopic (exact) mass is 479 g/mol. The Balaban J connectivity index is 2.07. The molecule has 8 heteroatoms. The third kappa shape index (κ3) is 4.35. The van der Waals surface area contributed by atoms with E-state index in [1.54, 1.807) is 5.43 Å². The first kappa shape index (κ1) is 8.83. The summed E-state index contributed by atoms with van der Waals surface area (Å²) in [5.74, 6) is -1.57. The highest BCUT2D eigenvalue weighted by Gasteiger charge is 2.24. The van der Waals surface area contributed by atoms with E-state index >= 15 is 0 Å². The second kappa shape index (κ2) is 8.98. The quantitative estimate of drug-likeness (QED) is 0.503. The van der Waals surface area contributed by atoms with Crippen LogP contribution in [0, 0.1) is 6.92 Å². The lowest BCUT2D eigenvalue weighted by molar-refractivity contribution is 0.0743. The second-order valence-electron chi connectivity index (χ2n) is 5.65. The summed E-state index contributed by atoms with van der Waals surface area (Å²) in [7, 11) is 0. The van der Waals surface area contributed by atoms with Crippen LogP contribution in [0.15, 0.2) is 42.3 Å². The van der Waals surface area contributed by atoms with Gasteiger partial charge in [-0.15, -0.1) is 0 Å². The van der Waals surface area contributed by atoms with E-state index in [0.29, 0.717) is 4.68 Å². The zero-order valence-electron chi connectivity index (χ0n) is 31.9. The molecule has 30 heavy (non-hydrogen) atoms. The molecule has 1 amide bonds. The number of amides is 1. The van der Waals surface area contributed by atoms with E-state index in [4.69, 9.17) is 58.1 Å². The fourth-order valence-electron chi connectivity index (χ4n) is 2.52. The zero-order valence-corrected chi connectivity index (χ0v) is 17.2. The summed E-state index contributed by atoms with van der Waals surface area (Å²) >= 11 is 18.3. The van der Waals surface area contributed by atoms with Gasteiger partial charge in [0.1, 0.15) is 0 Å². The van der Waals surface area contributed by atoms with E-state index in [-0.39, 0.29) is 10.6 Å². The number of nitrogens with one attached hydrogen (secondary N) is 1. The molecule has 4 rings (SSSR count). The van der Waals surface area contributed by atoms with Crippen LogP contribution in [0.5, 0.6) is 0 Å². The Morgan fingerprint density at radius 3 is 2.43 bits per heavy atom. The van der Waals surface area contributed by atoms with Crippen LogP contribution in [0.1, 0.15) is 58.5 Å². The number of benzene rings is 2. The number of hydrogen-bond donors (Lipinski definition) is 1. The summed E-state index contributed by atoms with van der Waals surface area (Å²) in [5.41, 5.74) is -1.09. The van der Waals surface area contributed by atoms with Gasteiger partial charge in [-0.25, -0.2) is 9.69 Å². The third-order valence-electron chi connectivity index (χ3n) is 3.77. The van der Waals surface area contributed by atoms with Crippen LogP contribution in [-0.2, 0) is 0 Å². The molecule has 1 N–H and O–H groups in total. The molecule has 3 aromatic rings. The standard InChI is InChI=1S/C22H21Cl3N4O/c1-14-20(22(30)27-28-11-3-2-4-12-28)26-29(19-10-9-17(24)13-18(19)25)21(14)15-5-7-16(23)8-6-15/h5-10,13H,2-4,11-12H2,1H3,(H,27,30)/i2D2,3D2,4D2,5D,6D,7D,8D,9D,10D,11D2,12D2,13D. The number of halogens is 3. The zero-order chi connectivity index (χ0) is 36.3. The van der Waals surface area contributed by atoms with Crippen LogP contribution >= 0.6 is 34.8 Å². The van der Waals surface area contributed by atoms with Gasteiger partial charge in [-0.2, -0.15) is 5.10 Å². The molecule has 5 nitrogen and oxygen atoms in total. The van der Waals surface area contributed by atoms with Crippen LogP contribution in [-0.4, -0.2) is 33.7 Å². The van der Waals surface area contributed by atoms with Crippen molar-refractivity contribution >= 4 is 40.7 Å². The van der Waals surface area contributed by atoms with Gasteiger partial charge in [-0.05, 0) is 49.9 Å². The van der Waals surface area contributed by atoms with Gasteiger partial charge < -0.3 is 0 Å². The van der Waals surface area contributed by atoms with Crippen molar-refractivity contribution < 1.29 is 28.1 Å². The highest BCUT2D eigenvalue weighted by atomic mass is 35.5. The minimum atomic E-state index is -3.79. The highest BCUT2D eigenvalue weighted by Crippen LogP contribution is 2.33. The Morgan fingerprint density at radius 1 is 1.07 bits per heavy atom. The SMILES string of the molecule is [2H]c1c([2H])c(-c2c(C)c(C(=O)NN3C([2H])([2H])C([2H])([2H])C([2H])([2H])C([2H])([2H])C3([2H])[2H])nn2-c2c([2H])c([2H])c(Cl)c([2H])c2Cl)c([2H])c([2H])c1Cl. The molecule has 0 radical (unpaired) electrons. The maximum Gasteiger partial charge on any atom is 0.286 e. The van der Waals surface area contributed by atoms with Gasteiger partial charge in [0.15, 0.2) is 5.69 Å². The van der Waals surface area contributed by atoms with Gasteiger partial charge in [0, 0.05) is 47.9 Å². The number of carbonyl (C=O) groups excluding carboxylic acids is 1. The maximum absolute atomic E-state index is 13.8. The predicted octanol–water partition coefficient (Wildman–Crippen LogP) is 5.94. The minimum Gasteiger partial charge on any atom is -0.283 e. The topological polar surface area (TPSA) is 50.2 Å².